The third-order valence-electron chi connectivity index (χ3n) is 5.77. The van der Waals surface area contributed by atoms with Crippen molar-refractivity contribution in [3.05, 3.63) is 58.6 Å². The fraction of sp³-hybridized carbons (Fsp3) is 0.435. The highest BCUT2D eigenvalue weighted by atomic mass is 35.5. The Morgan fingerprint density at radius 1 is 1.03 bits per heavy atom. The molecule has 2 N–H and O–H groups in total. The Morgan fingerprint density at radius 2 is 1.62 bits per heavy atom. The molecular formula is C23H29Cl2N3O3S. The van der Waals surface area contributed by atoms with Crippen LogP contribution in [0.2, 0.25) is 10.0 Å². The molecule has 1 fully saturated rings. The largest absolute Gasteiger partial charge is 0.380 e. The molecule has 0 saturated carbocycles. The number of hydrogen-bond donors (Lipinski definition) is 2. The van der Waals surface area contributed by atoms with Crippen LogP contribution in [-0.2, 0) is 14.8 Å². The van der Waals surface area contributed by atoms with Crippen LogP contribution in [0.3, 0.4) is 0 Å². The summed E-state index contributed by atoms with van der Waals surface area (Å²) in [6, 6.07) is 14.6. The molecule has 0 bridgehead atoms. The molecule has 0 aliphatic carbocycles. The Hall–Kier alpha value is -1.80. The van der Waals surface area contributed by atoms with Gasteiger partial charge < -0.3 is 10.6 Å². The number of sulfonamides is 1. The van der Waals surface area contributed by atoms with Crippen molar-refractivity contribution in [1.82, 2.24) is 9.62 Å². The minimum absolute atomic E-state index is 0.0432. The van der Waals surface area contributed by atoms with Gasteiger partial charge in [-0.05, 0) is 43.0 Å². The second kappa shape index (κ2) is 10.9. The van der Waals surface area contributed by atoms with E-state index in [1.165, 1.54) is 16.4 Å². The molecule has 2 aromatic rings. The minimum atomic E-state index is -3.82. The monoisotopic (exact) mass is 497 g/mol. The fourth-order valence-electron chi connectivity index (χ4n) is 3.77. The predicted molar refractivity (Wildman–Crippen MR) is 130 cm³/mol. The molecule has 1 unspecified atom stereocenters. The average Bonchev–Trinajstić information content (AvgIpc) is 2.76. The summed E-state index contributed by atoms with van der Waals surface area (Å²) in [6.07, 6.45) is 0.900. The Labute approximate surface area is 200 Å². The van der Waals surface area contributed by atoms with E-state index in [2.05, 4.69) is 24.5 Å². The van der Waals surface area contributed by atoms with Crippen LogP contribution >= 0.6 is 23.2 Å². The van der Waals surface area contributed by atoms with Gasteiger partial charge in [0.1, 0.15) is 4.90 Å². The summed E-state index contributed by atoms with van der Waals surface area (Å²) >= 11 is 12.2. The van der Waals surface area contributed by atoms with Gasteiger partial charge in [0.25, 0.3) is 0 Å². The highest BCUT2D eigenvalue weighted by Crippen LogP contribution is 2.33. The molecule has 3 rings (SSSR count). The normalized spacial score (nSPS) is 16.7. The fourth-order valence-corrected chi connectivity index (χ4v) is 6.33. The van der Waals surface area contributed by atoms with Crippen molar-refractivity contribution in [2.45, 2.75) is 37.6 Å². The van der Waals surface area contributed by atoms with E-state index in [1.54, 1.807) is 6.07 Å². The van der Waals surface area contributed by atoms with Crippen molar-refractivity contribution in [1.29, 1.82) is 0 Å². The second-order valence-electron chi connectivity index (χ2n) is 8.34. The lowest BCUT2D eigenvalue weighted by Gasteiger charge is -2.31. The molecule has 0 radical (unpaired) electrons. The van der Waals surface area contributed by atoms with Crippen molar-refractivity contribution in [3.63, 3.8) is 0 Å². The molecule has 0 aromatic heterocycles. The Bertz CT molecular complexity index is 1000. The quantitative estimate of drug-likeness (QED) is 0.556. The number of halogens is 2. The van der Waals surface area contributed by atoms with Crippen LogP contribution in [0, 0.1) is 11.8 Å². The van der Waals surface area contributed by atoms with Gasteiger partial charge in [0, 0.05) is 37.3 Å². The molecule has 1 amide bonds. The highest BCUT2D eigenvalue weighted by molar-refractivity contribution is 7.89. The zero-order chi connectivity index (χ0) is 23.3. The van der Waals surface area contributed by atoms with E-state index in [9.17, 15) is 13.2 Å². The molecule has 174 valence electrons. The Morgan fingerprint density at radius 3 is 2.19 bits per heavy atom. The summed E-state index contributed by atoms with van der Waals surface area (Å²) in [4.78, 5) is 12.7. The van der Waals surface area contributed by atoms with Gasteiger partial charge in [-0.15, -0.1) is 0 Å². The molecule has 6 nitrogen and oxygen atoms in total. The smallest absolute Gasteiger partial charge is 0.246 e. The number of piperidine rings is 1. The van der Waals surface area contributed by atoms with Crippen LogP contribution in [0.4, 0.5) is 5.69 Å². The maximum Gasteiger partial charge on any atom is 0.246 e. The molecule has 1 heterocycles. The third kappa shape index (κ3) is 5.95. The average molecular weight is 498 g/mol. The Kier molecular flexibility index (Phi) is 8.44. The molecule has 1 saturated heterocycles. The maximum absolute atomic E-state index is 13.0. The number of para-hydroxylation sites is 1. The number of hydrogen-bond acceptors (Lipinski definition) is 4. The predicted octanol–water partition coefficient (Wildman–Crippen LogP) is 4.65. The summed E-state index contributed by atoms with van der Waals surface area (Å²) in [5.74, 6) is 0.0499. The molecule has 0 spiro atoms. The van der Waals surface area contributed by atoms with Gasteiger partial charge in [-0.1, -0.05) is 61.3 Å². The first-order chi connectivity index (χ1) is 15.2. The summed E-state index contributed by atoms with van der Waals surface area (Å²) < 4.78 is 27.4. The van der Waals surface area contributed by atoms with Gasteiger partial charge in [-0.2, -0.15) is 4.31 Å². The van der Waals surface area contributed by atoms with Crippen molar-refractivity contribution in [2.75, 3.05) is 25.0 Å². The van der Waals surface area contributed by atoms with Gasteiger partial charge >= 0.3 is 0 Å². The first-order valence-electron chi connectivity index (χ1n) is 10.7. The summed E-state index contributed by atoms with van der Waals surface area (Å²) in [6.45, 7) is 5.21. The van der Waals surface area contributed by atoms with Crippen LogP contribution in [-0.4, -0.2) is 44.3 Å². The van der Waals surface area contributed by atoms with Gasteiger partial charge in [0.2, 0.25) is 15.9 Å². The minimum Gasteiger partial charge on any atom is -0.380 e. The number of nitrogens with zero attached hydrogens (tertiary/aromatic N) is 1. The van der Waals surface area contributed by atoms with Crippen molar-refractivity contribution in [3.8, 4) is 0 Å². The number of nitrogens with one attached hydrogen (secondary N) is 2. The van der Waals surface area contributed by atoms with Gasteiger partial charge in [-0.3, -0.25) is 4.79 Å². The number of amides is 1. The lowest BCUT2D eigenvalue weighted by molar-refractivity contribution is -0.126. The highest BCUT2D eigenvalue weighted by Gasteiger charge is 2.34. The zero-order valence-corrected chi connectivity index (χ0v) is 20.6. The van der Waals surface area contributed by atoms with E-state index in [0.717, 1.165) is 5.69 Å². The third-order valence-corrected chi connectivity index (χ3v) is 8.62. The van der Waals surface area contributed by atoms with Crippen LogP contribution in [0.5, 0.6) is 0 Å². The van der Waals surface area contributed by atoms with E-state index in [-0.39, 0.29) is 45.9 Å². The summed E-state index contributed by atoms with van der Waals surface area (Å²) in [7, 11) is -3.82. The van der Waals surface area contributed by atoms with E-state index < -0.39 is 10.0 Å². The molecule has 9 heteroatoms. The van der Waals surface area contributed by atoms with Crippen molar-refractivity contribution in [2.24, 2.45) is 11.8 Å². The lowest BCUT2D eigenvalue weighted by atomic mass is 9.96. The first-order valence-corrected chi connectivity index (χ1v) is 12.9. The van der Waals surface area contributed by atoms with E-state index in [1.807, 2.05) is 30.3 Å². The van der Waals surface area contributed by atoms with Gasteiger partial charge in [-0.25, -0.2) is 8.42 Å². The van der Waals surface area contributed by atoms with Crippen molar-refractivity contribution < 1.29 is 13.2 Å². The number of benzene rings is 2. The first kappa shape index (κ1) is 24.8. The van der Waals surface area contributed by atoms with E-state index in [0.29, 0.717) is 25.3 Å². The Balaban J connectivity index is 1.56. The number of rotatable bonds is 8. The van der Waals surface area contributed by atoms with Gasteiger partial charge in [0.15, 0.2) is 0 Å². The molecule has 2 aromatic carbocycles. The van der Waals surface area contributed by atoms with Gasteiger partial charge in [0.05, 0.1) is 10.0 Å². The molecular weight excluding hydrogens is 469 g/mol. The van der Waals surface area contributed by atoms with Crippen LogP contribution in [0.15, 0.2) is 53.4 Å². The number of carbonyl (C=O) groups is 1. The SMILES string of the molecule is CC(C)C(CNC(=O)C1CCN(S(=O)(=O)c2c(Cl)cccc2Cl)CC1)Nc1ccccc1. The molecule has 1 atom stereocenters. The topological polar surface area (TPSA) is 78.5 Å². The maximum atomic E-state index is 13.0. The lowest BCUT2D eigenvalue weighted by Crippen LogP contribution is -2.46. The number of carbonyl (C=O) groups excluding carboxylic acids is 1. The van der Waals surface area contributed by atoms with Crippen LogP contribution in [0.1, 0.15) is 26.7 Å². The summed E-state index contributed by atoms with van der Waals surface area (Å²) in [5.41, 5.74) is 1.01. The molecule has 32 heavy (non-hydrogen) atoms. The van der Waals surface area contributed by atoms with Crippen molar-refractivity contribution >= 4 is 44.8 Å². The van der Waals surface area contributed by atoms with E-state index >= 15 is 0 Å². The molecule has 1 aliphatic heterocycles. The van der Waals surface area contributed by atoms with Crippen LogP contribution in [0.25, 0.3) is 0 Å². The van der Waals surface area contributed by atoms with Crippen LogP contribution < -0.4 is 10.6 Å². The zero-order valence-electron chi connectivity index (χ0n) is 18.2. The van der Waals surface area contributed by atoms with E-state index in [4.69, 9.17) is 23.2 Å². The number of anilines is 1. The second-order valence-corrected chi connectivity index (χ2v) is 11.0. The molecule has 1 aliphatic rings. The summed E-state index contributed by atoms with van der Waals surface area (Å²) in [5, 5.41) is 6.71. The standard InChI is InChI=1S/C23H29Cl2N3O3S/c1-16(2)21(27-18-7-4-3-5-8-18)15-26-23(29)17-11-13-28(14-12-17)32(30,31)22-19(24)9-6-10-20(22)25/h3-10,16-17,21,27H,11-15H2,1-2H3,(H,26,29).